The fourth-order valence-corrected chi connectivity index (χ4v) is 4.40. The van der Waals surface area contributed by atoms with E-state index in [2.05, 4.69) is 29.6 Å². The molecule has 4 aromatic carbocycles. The Labute approximate surface area is 204 Å². The zero-order chi connectivity index (χ0) is 24.2. The highest BCUT2D eigenvalue weighted by Crippen LogP contribution is 2.31. The minimum Gasteiger partial charge on any atom is -0.493 e. The van der Waals surface area contributed by atoms with Crippen LogP contribution in [-0.2, 0) is 6.42 Å². The van der Waals surface area contributed by atoms with Crippen LogP contribution in [0.3, 0.4) is 0 Å². The number of aromatic nitrogens is 1. The number of amides is 1. The van der Waals surface area contributed by atoms with Crippen LogP contribution >= 0.6 is 0 Å². The van der Waals surface area contributed by atoms with Crippen molar-refractivity contribution in [3.05, 3.63) is 102 Å². The lowest BCUT2D eigenvalue weighted by Gasteiger charge is -2.13. The van der Waals surface area contributed by atoms with Crippen LogP contribution < -0.4 is 14.8 Å². The summed E-state index contributed by atoms with van der Waals surface area (Å²) in [6, 6.07) is 29.8. The first-order chi connectivity index (χ1) is 17.2. The second-order valence-corrected chi connectivity index (χ2v) is 8.29. The molecular formula is C30H26N2O3. The number of methoxy groups -OCH3 is 2. The molecule has 1 aromatic heterocycles. The van der Waals surface area contributed by atoms with Crippen molar-refractivity contribution in [3.8, 4) is 22.8 Å². The molecule has 0 saturated heterocycles. The summed E-state index contributed by atoms with van der Waals surface area (Å²) in [6.07, 6.45) is 0.672. The van der Waals surface area contributed by atoms with Gasteiger partial charge in [-0.05, 0) is 47.0 Å². The van der Waals surface area contributed by atoms with Crippen LogP contribution in [0, 0.1) is 0 Å². The second-order valence-electron chi connectivity index (χ2n) is 8.29. The molecule has 0 spiro atoms. The summed E-state index contributed by atoms with van der Waals surface area (Å²) < 4.78 is 10.7. The molecule has 5 rings (SSSR count). The second kappa shape index (κ2) is 9.85. The number of nitrogens with zero attached hydrogens (tertiary/aromatic N) is 1. The van der Waals surface area contributed by atoms with E-state index >= 15 is 0 Å². The number of para-hydroxylation sites is 1. The number of ether oxygens (including phenoxy) is 2. The van der Waals surface area contributed by atoms with E-state index in [0.717, 1.165) is 38.5 Å². The third-order valence-corrected chi connectivity index (χ3v) is 6.17. The van der Waals surface area contributed by atoms with Gasteiger partial charge in [0.05, 0.1) is 31.0 Å². The van der Waals surface area contributed by atoms with Crippen molar-refractivity contribution >= 4 is 27.6 Å². The molecule has 0 saturated carbocycles. The van der Waals surface area contributed by atoms with Gasteiger partial charge in [0.1, 0.15) is 0 Å². The van der Waals surface area contributed by atoms with Crippen LogP contribution in [-0.4, -0.2) is 31.7 Å². The first-order valence-electron chi connectivity index (χ1n) is 11.5. The average Bonchev–Trinajstić information content (AvgIpc) is 2.91. The summed E-state index contributed by atoms with van der Waals surface area (Å²) in [5.74, 6) is 1.24. The molecule has 5 aromatic rings. The molecule has 174 valence electrons. The third-order valence-electron chi connectivity index (χ3n) is 6.17. The van der Waals surface area contributed by atoms with Gasteiger partial charge < -0.3 is 14.8 Å². The van der Waals surface area contributed by atoms with Crippen LogP contribution in [0.15, 0.2) is 91.0 Å². The highest BCUT2D eigenvalue weighted by atomic mass is 16.5. The van der Waals surface area contributed by atoms with E-state index in [0.29, 0.717) is 30.0 Å². The molecule has 1 amide bonds. The van der Waals surface area contributed by atoms with Gasteiger partial charge in [-0.15, -0.1) is 0 Å². The van der Waals surface area contributed by atoms with Crippen molar-refractivity contribution in [2.45, 2.75) is 6.42 Å². The molecule has 35 heavy (non-hydrogen) atoms. The number of nitrogens with one attached hydrogen (secondary N) is 1. The molecule has 5 heteroatoms. The van der Waals surface area contributed by atoms with E-state index in [1.165, 1.54) is 0 Å². The number of hydrogen-bond donors (Lipinski definition) is 1. The quantitative estimate of drug-likeness (QED) is 0.320. The molecule has 0 aliphatic carbocycles. The van der Waals surface area contributed by atoms with E-state index in [-0.39, 0.29) is 5.91 Å². The predicted molar refractivity (Wildman–Crippen MR) is 140 cm³/mol. The summed E-state index contributed by atoms with van der Waals surface area (Å²) in [7, 11) is 3.23. The van der Waals surface area contributed by atoms with Gasteiger partial charge in [-0.2, -0.15) is 0 Å². The summed E-state index contributed by atoms with van der Waals surface area (Å²) in [6.45, 7) is 0.495. The minimum absolute atomic E-state index is 0.120. The van der Waals surface area contributed by atoms with Crippen molar-refractivity contribution in [1.29, 1.82) is 0 Å². The molecule has 0 atom stereocenters. The molecule has 1 heterocycles. The average molecular weight is 463 g/mol. The first-order valence-corrected chi connectivity index (χ1v) is 11.5. The molecule has 0 fully saturated rings. The fraction of sp³-hybridized carbons (Fsp3) is 0.133. The lowest BCUT2D eigenvalue weighted by Crippen LogP contribution is -2.26. The SMILES string of the molecule is COc1ccc(CCNC(=O)c2cc(-c3cccc4ccccc34)nc3ccccc23)cc1OC. The maximum Gasteiger partial charge on any atom is 0.252 e. The number of carbonyl (C=O) groups excluding carboxylic acids is 1. The van der Waals surface area contributed by atoms with Gasteiger partial charge >= 0.3 is 0 Å². The predicted octanol–water partition coefficient (Wildman–Crippen LogP) is 6.04. The Morgan fingerprint density at radius 2 is 1.54 bits per heavy atom. The number of rotatable bonds is 7. The van der Waals surface area contributed by atoms with E-state index in [9.17, 15) is 4.79 Å². The van der Waals surface area contributed by atoms with E-state index in [4.69, 9.17) is 14.5 Å². The van der Waals surface area contributed by atoms with E-state index in [1.807, 2.05) is 66.7 Å². The first kappa shape index (κ1) is 22.4. The fourth-order valence-electron chi connectivity index (χ4n) is 4.40. The molecule has 1 N–H and O–H groups in total. The monoisotopic (exact) mass is 462 g/mol. The van der Waals surface area contributed by atoms with Gasteiger partial charge in [0.15, 0.2) is 11.5 Å². The zero-order valence-electron chi connectivity index (χ0n) is 19.7. The number of fused-ring (bicyclic) bond motifs is 2. The molecule has 0 bridgehead atoms. The lowest BCUT2D eigenvalue weighted by atomic mass is 9.99. The van der Waals surface area contributed by atoms with Crippen molar-refractivity contribution in [2.75, 3.05) is 20.8 Å². The molecule has 0 aliphatic rings. The normalized spacial score (nSPS) is 10.9. The zero-order valence-corrected chi connectivity index (χ0v) is 19.7. The number of carbonyl (C=O) groups is 1. The van der Waals surface area contributed by atoms with Crippen LogP contribution in [0.25, 0.3) is 32.9 Å². The molecule has 5 nitrogen and oxygen atoms in total. The Bertz CT molecular complexity index is 1520. The van der Waals surface area contributed by atoms with E-state index in [1.54, 1.807) is 14.2 Å². The largest absolute Gasteiger partial charge is 0.493 e. The topological polar surface area (TPSA) is 60.5 Å². The van der Waals surface area contributed by atoms with Crippen LogP contribution in [0.1, 0.15) is 15.9 Å². The van der Waals surface area contributed by atoms with E-state index < -0.39 is 0 Å². The van der Waals surface area contributed by atoms with Crippen LogP contribution in [0.5, 0.6) is 11.5 Å². The molecule has 0 aliphatic heterocycles. The summed E-state index contributed by atoms with van der Waals surface area (Å²) in [5, 5.41) is 6.16. The van der Waals surface area contributed by atoms with Crippen molar-refractivity contribution in [2.24, 2.45) is 0 Å². The third kappa shape index (κ3) is 4.53. The Morgan fingerprint density at radius 3 is 2.37 bits per heavy atom. The maximum absolute atomic E-state index is 13.3. The Hall–Kier alpha value is -4.38. The number of hydrogen-bond acceptors (Lipinski definition) is 4. The molecular weight excluding hydrogens is 436 g/mol. The standard InChI is InChI=1S/C30H26N2O3/c1-34-28-15-14-20(18-29(28)35-2)16-17-31-30(33)25-19-27(32-26-13-6-5-11-24(25)26)23-12-7-9-21-8-3-4-10-22(21)23/h3-15,18-19H,16-17H2,1-2H3,(H,31,33). The Balaban J connectivity index is 1.44. The maximum atomic E-state index is 13.3. The minimum atomic E-state index is -0.120. The van der Waals surface area contributed by atoms with Gasteiger partial charge in [0.25, 0.3) is 5.91 Å². The van der Waals surface area contributed by atoms with Crippen molar-refractivity contribution < 1.29 is 14.3 Å². The van der Waals surface area contributed by atoms with Gasteiger partial charge in [-0.1, -0.05) is 66.7 Å². The Kier molecular flexibility index (Phi) is 6.31. The van der Waals surface area contributed by atoms with Crippen LogP contribution in [0.2, 0.25) is 0 Å². The summed E-state index contributed by atoms with van der Waals surface area (Å²) >= 11 is 0. The van der Waals surface area contributed by atoms with Gasteiger partial charge in [-0.3, -0.25) is 4.79 Å². The number of pyridine rings is 1. The highest BCUT2D eigenvalue weighted by Gasteiger charge is 2.15. The highest BCUT2D eigenvalue weighted by molar-refractivity contribution is 6.08. The molecule has 0 unspecified atom stereocenters. The summed E-state index contributed by atoms with van der Waals surface area (Å²) in [4.78, 5) is 18.2. The van der Waals surface area contributed by atoms with Gasteiger partial charge in [0.2, 0.25) is 0 Å². The molecule has 0 radical (unpaired) electrons. The smallest absolute Gasteiger partial charge is 0.252 e. The van der Waals surface area contributed by atoms with Crippen LogP contribution in [0.4, 0.5) is 0 Å². The van der Waals surface area contributed by atoms with Gasteiger partial charge in [0, 0.05) is 17.5 Å². The lowest BCUT2D eigenvalue weighted by molar-refractivity contribution is 0.0955. The Morgan fingerprint density at radius 1 is 0.800 bits per heavy atom. The number of benzene rings is 4. The van der Waals surface area contributed by atoms with Gasteiger partial charge in [-0.25, -0.2) is 4.98 Å². The van der Waals surface area contributed by atoms with Crippen molar-refractivity contribution in [1.82, 2.24) is 10.3 Å². The van der Waals surface area contributed by atoms with Crippen molar-refractivity contribution in [3.63, 3.8) is 0 Å². The summed E-state index contributed by atoms with van der Waals surface area (Å²) in [5.41, 5.74) is 4.26.